The second kappa shape index (κ2) is 6.78. The van der Waals surface area contributed by atoms with Crippen molar-refractivity contribution in [3.63, 3.8) is 0 Å². The van der Waals surface area contributed by atoms with Crippen LogP contribution in [0.4, 0.5) is 0 Å². The summed E-state index contributed by atoms with van der Waals surface area (Å²) in [5.41, 5.74) is 1.78. The van der Waals surface area contributed by atoms with Gasteiger partial charge in [-0.25, -0.2) is 0 Å². The zero-order valence-electron chi connectivity index (χ0n) is 15.4. The predicted molar refractivity (Wildman–Crippen MR) is 92.0 cm³/mol. The molecular formula is C20H32O3. The van der Waals surface area contributed by atoms with Gasteiger partial charge >= 0.3 is 5.97 Å². The highest BCUT2D eigenvalue weighted by Gasteiger charge is 2.52. The number of fused-ring (bicyclic) bond motifs is 1. The summed E-state index contributed by atoms with van der Waals surface area (Å²) >= 11 is 0. The Balaban J connectivity index is 2.29. The lowest BCUT2D eigenvalue weighted by atomic mass is 9.48. The first kappa shape index (κ1) is 18.2. The van der Waals surface area contributed by atoms with E-state index in [4.69, 9.17) is 4.74 Å². The molecule has 2 aliphatic carbocycles. The van der Waals surface area contributed by atoms with E-state index in [1.807, 2.05) is 0 Å². The van der Waals surface area contributed by atoms with Crippen LogP contribution >= 0.6 is 0 Å². The Morgan fingerprint density at radius 1 is 1.22 bits per heavy atom. The van der Waals surface area contributed by atoms with E-state index < -0.39 is 0 Å². The molecule has 0 spiro atoms. The van der Waals surface area contributed by atoms with Crippen molar-refractivity contribution in [1.29, 1.82) is 0 Å². The molecule has 0 saturated heterocycles. The Kier molecular flexibility index (Phi) is 5.37. The Morgan fingerprint density at radius 3 is 2.52 bits per heavy atom. The highest BCUT2D eigenvalue weighted by molar-refractivity contribution is 5.75. The fraction of sp³-hybridized carbons (Fsp3) is 0.800. The van der Waals surface area contributed by atoms with E-state index in [1.165, 1.54) is 31.8 Å². The minimum Gasteiger partial charge on any atom is -0.461 e. The molecule has 3 atom stereocenters. The van der Waals surface area contributed by atoms with E-state index in [2.05, 4.69) is 26.8 Å². The molecule has 0 amide bonds. The van der Waals surface area contributed by atoms with Gasteiger partial charge in [-0.15, -0.1) is 0 Å². The molecule has 3 heteroatoms. The Labute approximate surface area is 140 Å². The molecule has 2 rings (SSSR count). The van der Waals surface area contributed by atoms with Crippen molar-refractivity contribution in [2.45, 2.75) is 73.1 Å². The molecule has 0 aromatic carbocycles. The van der Waals surface area contributed by atoms with Gasteiger partial charge in [0.2, 0.25) is 0 Å². The van der Waals surface area contributed by atoms with E-state index in [9.17, 15) is 9.59 Å². The highest BCUT2D eigenvalue weighted by atomic mass is 16.5. The van der Waals surface area contributed by atoms with Gasteiger partial charge in [0, 0.05) is 13.3 Å². The zero-order chi connectivity index (χ0) is 17.3. The molecule has 23 heavy (non-hydrogen) atoms. The van der Waals surface area contributed by atoms with Crippen molar-refractivity contribution in [2.24, 2.45) is 22.7 Å². The summed E-state index contributed by atoms with van der Waals surface area (Å²) in [5.74, 6) is 1.01. The van der Waals surface area contributed by atoms with Crippen LogP contribution in [0.5, 0.6) is 0 Å². The highest BCUT2D eigenvalue weighted by Crippen LogP contribution is 2.60. The van der Waals surface area contributed by atoms with Crippen LogP contribution in [0.15, 0.2) is 11.6 Å². The summed E-state index contributed by atoms with van der Waals surface area (Å²) in [5, 5.41) is 0. The second-order valence-corrected chi connectivity index (χ2v) is 8.49. The van der Waals surface area contributed by atoms with Crippen molar-refractivity contribution in [3.8, 4) is 0 Å². The summed E-state index contributed by atoms with van der Waals surface area (Å²) in [7, 11) is 0. The molecular weight excluding hydrogens is 288 g/mol. The molecule has 0 heterocycles. The molecule has 130 valence electrons. The molecule has 0 bridgehead atoms. The average molecular weight is 320 g/mol. The average Bonchev–Trinajstić information content (AvgIpc) is 2.42. The van der Waals surface area contributed by atoms with Crippen molar-refractivity contribution in [1.82, 2.24) is 0 Å². The lowest BCUT2D eigenvalue weighted by Crippen LogP contribution is -2.49. The molecule has 0 radical (unpaired) electrons. The van der Waals surface area contributed by atoms with E-state index in [0.29, 0.717) is 30.3 Å². The summed E-state index contributed by atoms with van der Waals surface area (Å²) < 4.78 is 5.30. The number of ether oxygens (including phenoxy) is 1. The van der Waals surface area contributed by atoms with Crippen LogP contribution in [0, 0.1) is 22.7 Å². The zero-order valence-corrected chi connectivity index (χ0v) is 15.4. The molecule has 2 aliphatic rings. The van der Waals surface area contributed by atoms with Crippen LogP contribution in [0.25, 0.3) is 0 Å². The number of hydrogen-bond donors (Lipinski definition) is 0. The van der Waals surface area contributed by atoms with E-state index in [-0.39, 0.29) is 17.2 Å². The second-order valence-electron chi connectivity index (χ2n) is 8.49. The topological polar surface area (TPSA) is 43.4 Å². The number of rotatable bonds is 5. The maximum absolute atomic E-state index is 11.5. The van der Waals surface area contributed by atoms with Crippen molar-refractivity contribution in [3.05, 3.63) is 11.6 Å². The number of carbonyl (C=O) groups excluding carboxylic acids is 2. The quantitative estimate of drug-likeness (QED) is 0.545. The molecule has 0 N–H and O–H groups in total. The largest absolute Gasteiger partial charge is 0.461 e. The van der Waals surface area contributed by atoms with E-state index in [0.717, 1.165) is 12.8 Å². The number of allylic oxidation sites excluding steroid dienone is 1. The normalized spacial score (nSPS) is 32.7. The van der Waals surface area contributed by atoms with Gasteiger partial charge in [-0.1, -0.05) is 33.3 Å². The Hall–Kier alpha value is -1.12. The van der Waals surface area contributed by atoms with Gasteiger partial charge < -0.3 is 9.53 Å². The maximum atomic E-state index is 11.5. The Bertz CT molecular complexity index is 503. The van der Waals surface area contributed by atoms with Gasteiger partial charge in [0.15, 0.2) is 0 Å². The van der Waals surface area contributed by atoms with Crippen LogP contribution in [-0.4, -0.2) is 18.4 Å². The number of carbonyl (C=O) groups is 2. The third-order valence-corrected chi connectivity index (χ3v) is 6.36. The predicted octanol–water partition coefficient (Wildman–Crippen LogP) is 4.70. The number of Topliss-reactive ketones (excluding diaryl/α,β-unsaturated/α-hetero) is 1. The smallest absolute Gasteiger partial charge is 0.302 e. The van der Waals surface area contributed by atoms with Crippen molar-refractivity contribution < 1.29 is 14.3 Å². The lowest BCUT2D eigenvalue weighted by molar-refractivity contribution is -0.140. The van der Waals surface area contributed by atoms with E-state index >= 15 is 0 Å². The van der Waals surface area contributed by atoms with Crippen molar-refractivity contribution >= 4 is 11.8 Å². The molecule has 3 nitrogen and oxygen atoms in total. The first-order valence-electron chi connectivity index (χ1n) is 8.98. The van der Waals surface area contributed by atoms with Crippen LogP contribution in [-0.2, 0) is 14.3 Å². The van der Waals surface area contributed by atoms with Crippen LogP contribution in [0.1, 0.15) is 73.1 Å². The minimum absolute atomic E-state index is 0.210. The summed E-state index contributed by atoms with van der Waals surface area (Å²) in [6, 6.07) is 0. The number of hydrogen-bond acceptors (Lipinski definition) is 3. The molecule has 1 fully saturated rings. The number of ketones is 1. The van der Waals surface area contributed by atoms with Gasteiger partial charge in [0.05, 0.1) is 0 Å². The van der Waals surface area contributed by atoms with E-state index in [1.54, 1.807) is 6.92 Å². The third-order valence-electron chi connectivity index (χ3n) is 6.36. The molecule has 1 unspecified atom stereocenters. The van der Waals surface area contributed by atoms with Gasteiger partial charge in [-0.2, -0.15) is 0 Å². The maximum Gasteiger partial charge on any atom is 0.302 e. The third kappa shape index (κ3) is 3.87. The van der Waals surface area contributed by atoms with Gasteiger partial charge in [-0.3, -0.25) is 4.79 Å². The standard InChI is InChI=1S/C20H32O3/c1-14(21)7-9-17-16(13-23-15(2)22)8-10-18-19(3,4)11-6-12-20(17,18)5/h8,17-18H,6-7,9-13H2,1-5H3/t17-,18?,20+/m0/s1. The summed E-state index contributed by atoms with van der Waals surface area (Å²) in [4.78, 5) is 22.8. The van der Waals surface area contributed by atoms with Gasteiger partial charge in [-0.05, 0) is 60.8 Å². The summed E-state index contributed by atoms with van der Waals surface area (Å²) in [6.07, 6.45) is 8.60. The van der Waals surface area contributed by atoms with Crippen LogP contribution in [0.2, 0.25) is 0 Å². The SMILES string of the molecule is CC(=O)CC[C@H]1C(COC(C)=O)=CCC2C(C)(C)CCC[C@@]21C. The van der Waals surface area contributed by atoms with Gasteiger partial charge in [0.25, 0.3) is 0 Å². The lowest BCUT2D eigenvalue weighted by Gasteiger charge is -2.57. The minimum atomic E-state index is -0.229. The van der Waals surface area contributed by atoms with Crippen molar-refractivity contribution in [2.75, 3.05) is 6.61 Å². The first-order chi connectivity index (χ1) is 10.7. The molecule has 0 aromatic heterocycles. The molecule has 1 saturated carbocycles. The fourth-order valence-corrected chi connectivity index (χ4v) is 5.21. The monoisotopic (exact) mass is 320 g/mol. The van der Waals surface area contributed by atoms with Crippen LogP contribution < -0.4 is 0 Å². The molecule has 0 aromatic rings. The van der Waals surface area contributed by atoms with Gasteiger partial charge in [0.1, 0.15) is 12.4 Å². The summed E-state index contributed by atoms with van der Waals surface area (Å²) in [6.45, 7) is 10.7. The Morgan fingerprint density at radius 2 is 1.91 bits per heavy atom. The number of esters is 1. The first-order valence-corrected chi connectivity index (χ1v) is 8.98. The fourth-order valence-electron chi connectivity index (χ4n) is 5.21. The van der Waals surface area contributed by atoms with Crippen LogP contribution in [0.3, 0.4) is 0 Å². The molecule has 0 aliphatic heterocycles.